The number of likely N-dealkylation sites (tertiary alicyclic amines) is 1. The smallest absolute Gasteiger partial charge is 0.175 e. The maximum atomic E-state index is 14.2. The number of ether oxygens (including phenoxy) is 1. The van der Waals surface area contributed by atoms with Crippen LogP contribution < -0.4 is 0 Å². The van der Waals surface area contributed by atoms with Crippen LogP contribution in [0.2, 0.25) is 0 Å². The first-order valence-electron chi connectivity index (χ1n) is 8.22. The van der Waals surface area contributed by atoms with Gasteiger partial charge in [-0.25, -0.2) is 12.8 Å². The van der Waals surface area contributed by atoms with Crippen LogP contribution >= 0.6 is 0 Å². The van der Waals surface area contributed by atoms with Crippen molar-refractivity contribution in [1.29, 1.82) is 0 Å². The Bertz CT molecular complexity index is 725. The highest BCUT2D eigenvalue weighted by molar-refractivity contribution is 7.90. The lowest BCUT2D eigenvalue weighted by molar-refractivity contribution is -0.0683. The van der Waals surface area contributed by atoms with Gasteiger partial charge in [-0.2, -0.15) is 0 Å². The number of nitrogens with zero attached hydrogens (tertiary/aromatic N) is 1. The van der Waals surface area contributed by atoms with Gasteiger partial charge in [0.1, 0.15) is 5.82 Å². The first kappa shape index (κ1) is 15.5. The molecule has 1 aliphatic carbocycles. The van der Waals surface area contributed by atoms with Gasteiger partial charge in [-0.3, -0.25) is 4.90 Å². The van der Waals surface area contributed by atoms with Crippen molar-refractivity contribution < 1.29 is 17.5 Å². The molecule has 1 saturated carbocycles. The zero-order valence-electron chi connectivity index (χ0n) is 13.3. The van der Waals surface area contributed by atoms with E-state index in [0.29, 0.717) is 12.1 Å². The average Bonchev–Trinajstić information content (AvgIpc) is 3.22. The van der Waals surface area contributed by atoms with Crippen LogP contribution in [0.15, 0.2) is 23.1 Å². The predicted molar refractivity (Wildman–Crippen MR) is 84.3 cm³/mol. The second kappa shape index (κ2) is 5.26. The molecule has 1 aromatic rings. The monoisotopic (exact) mass is 339 g/mol. The third-order valence-corrected chi connectivity index (χ3v) is 6.84. The fraction of sp³-hybridized carbons (Fsp3) is 0.647. The third-order valence-electron chi connectivity index (χ3n) is 5.73. The number of rotatable bonds is 3. The van der Waals surface area contributed by atoms with E-state index < -0.39 is 15.7 Å². The number of hydrogen-bond acceptors (Lipinski definition) is 4. The largest absolute Gasteiger partial charge is 0.374 e. The van der Waals surface area contributed by atoms with Gasteiger partial charge in [0, 0.05) is 31.5 Å². The van der Waals surface area contributed by atoms with Gasteiger partial charge >= 0.3 is 0 Å². The Kier molecular flexibility index (Phi) is 3.55. The van der Waals surface area contributed by atoms with E-state index in [1.54, 1.807) is 6.07 Å². The van der Waals surface area contributed by atoms with E-state index in [9.17, 15) is 12.8 Å². The fourth-order valence-electron chi connectivity index (χ4n) is 4.19. The summed E-state index contributed by atoms with van der Waals surface area (Å²) in [4.78, 5) is 2.28. The van der Waals surface area contributed by atoms with E-state index in [1.165, 1.54) is 12.5 Å². The van der Waals surface area contributed by atoms with Crippen LogP contribution in [0.25, 0.3) is 0 Å². The van der Waals surface area contributed by atoms with Crippen molar-refractivity contribution in [2.24, 2.45) is 11.8 Å². The quantitative estimate of drug-likeness (QED) is 0.847. The van der Waals surface area contributed by atoms with Crippen LogP contribution in [0, 0.1) is 17.7 Å². The number of benzene rings is 1. The summed E-state index contributed by atoms with van der Waals surface area (Å²) in [7, 11) is -3.36. The molecule has 126 valence electrons. The van der Waals surface area contributed by atoms with Crippen molar-refractivity contribution in [2.45, 2.75) is 36.3 Å². The number of piperidine rings is 1. The molecule has 0 aromatic heterocycles. The summed E-state index contributed by atoms with van der Waals surface area (Å²) in [6, 6.07) is 4.22. The van der Waals surface area contributed by atoms with Crippen molar-refractivity contribution >= 4 is 9.84 Å². The molecule has 2 aliphatic heterocycles. The van der Waals surface area contributed by atoms with Crippen molar-refractivity contribution in [3.05, 3.63) is 29.6 Å². The molecule has 6 heteroatoms. The number of fused-ring (bicyclic) bond motifs is 2. The molecule has 1 spiro atoms. The summed E-state index contributed by atoms with van der Waals surface area (Å²) < 4.78 is 43.2. The normalized spacial score (nSPS) is 29.7. The highest BCUT2D eigenvalue weighted by Gasteiger charge is 2.59. The SMILES string of the molecule is CS(=O)(=O)c1ccc(CN2CCC3(CC2)OCC2CC23)c(F)c1. The Morgan fingerprint density at radius 2 is 2.09 bits per heavy atom. The minimum Gasteiger partial charge on any atom is -0.374 e. The molecule has 3 aliphatic rings. The van der Waals surface area contributed by atoms with E-state index in [2.05, 4.69) is 4.90 Å². The zero-order valence-corrected chi connectivity index (χ0v) is 14.1. The molecule has 2 atom stereocenters. The van der Waals surface area contributed by atoms with Gasteiger partial charge in [-0.1, -0.05) is 6.07 Å². The second-order valence-electron chi connectivity index (χ2n) is 7.28. The molecule has 0 radical (unpaired) electrons. The van der Waals surface area contributed by atoms with Crippen LogP contribution in [0.1, 0.15) is 24.8 Å². The minimum atomic E-state index is -3.36. The number of hydrogen-bond donors (Lipinski definition) is 0. The van der Waals surface area contributed by atoms with Crippen molar-refractivity contribution in [3.8, 4) is 0 Å². The van der Waals surface area contributed by atoms with Gasteiger partial charge in [0.15, 0.2) is 9.84 Å². The van der Waals surface area contributed by atoms with E-state index in [1.807, 2.05) is 0 Å². The molecular formula is C17H22FNO3S. The predicted octanol–water partition coefficient (Wildman–Crippen LogP) is 2.23. The Hall–Kier alpha value is -0.980. The molecule has 0 amide bonds. The maximum Gasteiger partial charge on any atom is 0.175 e. The first-order valence-corrected chi connectivity index (χ1v) is 10.1. The number of halogens is 1. The van der Waals surface area contributed by atoms with Gasteiger partial charge in [0.25, 0.3) is 0 Å². The van der Waals surface area contributed by atoms with E-state index in [4.69, 9.17) is 4.74 Å². The third kappa shape index (κ3) is 2.81. The number of sulfone groups is 1. The zero-order chi connectivity index (χ0) is 16.2. The summed E-state index contributed by atoms with van der Waals surface area (Å²) in [5.74, 6) is 1.12. The van der Waals surface area contributed by atoms with Crippen LogP contribution in [-0.2, 0) is 21.1 Å². The molecule has 2 unspecified atom stereocenters. The minimum absolute atomic E-state index is 0.0375. The van der Waals surface area contributed by atoms with E-state index >= 15 is 0 Å². The summed E-state index contributed by atoms with van der Waals surface area (Å²) in [6.45, 7) is 3.28. The Balaban J connectivity index is 1.41. The second-order valence-corrected chi connectivity index (χ2v) is 9.30. The lowest BCUT2D eigenvalue weighted by Crippen LogP contribution is -2.45. The van der Waals surface area contributed by atoms with Crippen molar-refractivity contribution in [3.63, 3.8) is 0 Å². The van der Waals surface area contributed by atoms with E-state index in [-0.39, 0.29) is 10.5 Å². The Morgan fingerprint density at radius 1 is 1.35 bits per heavy atom. The van der Waals surface area contributed by atoms with Gasteiger partial charge in [0.05, 0.1) is 17.1 Å². The summed E-state index contributed by atoms with van der Waals surface area (Å²) in [6.07, 6.45) is 4.47. The highest BCUT2D eigenvalue weighted by Crippen LogP contribution is 2.57. The van der Waals surface area contributed by atoms with E-state index in [0.717, 1.165) is 56.7 Å². The van der Waals surface area contributed by atoms with Crippen molar-refractivity contribution in [2.75, 3.05) is 26.0 Å². The molecule has 4 nitrogen and oxygen atoms in total. The van der Waals surface area contributed by atoms with Gasteiger partial charge in [-0.15, -0.1) is 0 Å². The standard InChI is InChI=1S/C17H22FNO3S/c1-23(20,21)14-3-2-12(16(18)9-14)10-19-6-4-17(5-7-19)15-8-13(15)11-22-17/h2-3,9,13,15H,4-8,10-11H2,1H3. The van der Waals surface area contributed by atoms with Crippen molar-refractivity contribution in [1.82, 2.24) is 4.90 Å². The van der Waals surface area contributed by atoms with Crippen LogP contribution in [0.5, 0.6) is 0 Å². The van der Waals surface area contributed by atoms with Gasteiger partial charge in [-0.05, 0) is 43.2 Å². The molecule has 2 saturated heterocycles. The van der Waals surface area contributed by atoms with Gasteiger partial charge < -0.3 is 4.74 Å². The molecular weight excluding hydrogens is 317 g/mol. The topological polar surface area (TPSA) is 46.6 Å². The van der Waals surface area contributed by atoms with Gasteiger partial charge in [0.2, 0.25) is 0 Å². The Labute approximate surface area is 136 Å². The summed E-state index contributed by atoms with van der Waals surface area (Å²) in [5.41, 5.74) is 0.657. The molecule has 1 aromatic carbocycles. The molecule has 4 rings (SSSR count). The summed E-state index contributed by atoms with van der Waals surface area (Å²) in [5, 5.41) is 0. The Morgan fingerprint density at radius 3 is 2.61 bits per heavy atom. The molecule has 0 N–H and O–H groups in total. The van der Waals surface area contributed by atoms with Crippen LogP contribution in [0.3, 0.4) is 0 Å². The first-order chi connectivity index (χ1) is 10.9. The average molecular weight is 339 g/mol. The molecule has 2 heterocycles. The van der Waals surface area contributed by atoms with Crippen LogP contribution in [-0.4, -0.2) is 44.9 Å². The molecule has 3 fully saturated rings. The molecule has 23 heavy (non-hydrogen) atoms. The molecule has 0 bridgehead atoms. The fourth-order valence-corrected chi connectivity index (χ4v) is 4.82. The lowest BCUT2D eigenvalue weighted by Gasteiger charge is -2.40. The highest BCUT2D eigenvalue weighted by atomic mass is 32.2. The summed E-state index contributed by atoms with van der Waals surface area (Å²) >= 11 is 0. The maximum absolute atomic E-state index is 14.2. The van der Waals surface area contributed by atoms with Crippen LogP contribution in [0.4, 0.5) is 4.39 Å². The lowest BCUT2D eigenvalue weighted by atomic mass is 9.86.